The van der Waals surface area contributed by atoms with E-state index in [9.17, 15) is 0 Å². The van der Waals surface area contributed by atoms with E-state index >= 15 is 0 Å². The van der Waals surface area contributed by atoms with Crippen LogP contribution in [0.5, 0.6) is 0 Å². The predicted molar refractivity (Wildman–Crippen MR) is 99.0 cm³/mol. The maximum absolute atomic E-state index is 6.03. The summed E-state index contributed by atoms with van der Waals surface area (Å²) in [6.45, 7) is 0. The van der Waals surface area contributed by atoms with Gasteiger partial charge in [-0.1, -0.05) is 0 Å². The summed E-state index contributed by atoms with van der Waals surface area (Å²) in [5.41, 5.74) is 0. The van der Waals surface area contributed by atoms with Crippen LogP contribution in [-0.2, 0) is 0 Å². The Morgan fingerprint density at radius 3 is 0.864 bits per heavy atom. The average Bonchev–Trinajstić information content (AvgIpc) is 2.53. The summed E-state index contributed by atoms with van der Waals surface area (Å²) in [6.07, 6.45) is 0. The molecule has 0 bridgehead atoms. The molecule has 0 amide bonds. The molecule has 3 aromatic carbocycles. The molecule has 0 unspecified atom stereocenters. The van der Waals surface area contributed by atoms with Crippen molar-refractivity contribution >= 4 is 62.5 Å². The molecule has 0 aromatic heterocycles. The normalized spacial score (nSPS) is 10.9. The Hall–Kier alpha value is -0.912. The van der Waals surface area contributed by atoms with Crippen LogP contribution in [0.4, 0.5) is 0 Å². The number of halogens is 3. The minimum atomic E-state index is -1.63. The average molecular weight is 410 g/mol. The van der Waals surface area contributed by atoms with Gasteiger partial charge in [0.15, 0.2) is 0 Å². The van der Waals surface area contributed by atoms with Gasteiger partial charge in [-0.25, -0.2) is 0 Å². The van der Waals surface area contributed by atoms with E-state index in [2.05, 4.69) is 36.4 Å². The minimum absolute atomic E-state index is 0.755. The standard InChI is InChI=1S/C18H12AsCl3/c20-16-7-1-13(2-8-16)19(14-3-9-17(21)10-4-14)15-5-11-18(22)12-6-15/h1-12H. The van der Waals surface area contributed by atoms with Gasteiger partial charge in [0.25, 0.3) is 0 Å². The van der Waals surface area contributed by atoms with Crippen molar-refractivity contribution in [3.8, 4) is 0 Å². The molecule has 0 heterocycles. The van der Waals surface area contributed by atoms with E-state index in [1.807, 2.05) is 36.4 Å². The van der Waals surface area contributed by atoms with Gasteiger partial charge in [0.2, 0.25) is 0 Å². The van der Waals surface area contributed by atoms with Gasteiger partial charge in [-0.05, 0) is 0 Å². The van der Waals surface area contributed by atoms with Crippen molar-refractivity contribution in [1.29, 1.82) is 0 Å². The fourth-order valence-corrected chi connectivity index (χ4v) is 7.29. The molecule has 0 saturated carbocycles. The van der Waals surface area contributed by atoms with Gasteiger partial charge in [0, 0.05) is 0 Å². The Bertz CT molecular complexity index is 642. The van der Waals surface area contributed by atoms with Crippen LogP contribution >= 0.6 is 34.8 Å². The fraction of sp³-hybridized carbons (Fsp3) is 0. The first-order valence-corrected chi connectivity index (χ1v) is 10.7. The van der Waals surface area contributed by atoms with E-state index in [0.717, 1.165) is 15.1 Å². The van der Waals surface area contributed by atoms with Crippen LogP contribution < -0.4 is 13.1 Å². The molecule has 4 heteroatoms. The number of benzene rings is 3. The first kappa shape index (κ1) is 16.0. The van der Waals surface area contributed by atoms with Crippen LogP contribution in [0.15, 0.2) is 72.8 Å². The monoisotopic (exact) mass is 408 g/mol. The van der Waals surface area contributed by atoms with Crippen LogP contribution in [0.1, 0.15) is 0 Å². The molecule has 0 spiro atoms. The molecule has 0 fully saturated rings. The summed E-state index contributed by atoms with van der Waals surface area (Å²) in [6, 6.07) is 24.4. The van der Waals surface area contributed by atoms with Crippen molar-refractivity contribution in [3.05, 3.63) is 87.9 Å². The second-order valence-electron chi connectivity index (χ2n) is 4.76. The summed E-state index contributed by atoms with van der Waals surface area (Å²) in [7, 11) is 0. The van der Waals surface area contributed by atoms with Crippen LogP contribution in [0, 0.1) is 0 Å². The SMILES string of the molecule is Clc1ccc([As](c2ccc(Cl)cc2)c2ccc(Cl)cc2)cc1. The Morgan fingerprint density at radius 2 is 0.636 bits per heavy atom. The Morgan fingerprint density at radius 1 is 0.409 bits per heavy atom. The van der Waals surface area contributed by atoms with Crippen molar-refractivity contribution in [2.24, 2.45) is 0 Å². The molecule has 0 radical (unpaired) electrons. The van der Waals surface area contributed by atoms with E-state index < -0.39 is 14.7 Å². The quantitative estimate of drug-likeness (QED) is 0.570. The second-order valence-corrected chi connectivity index (χ2v) is 10.7. The number of hydrogen-bond donors (Lipinski definition) is 0. The zero-order chi connectivity index (χ0) is 15.5. The third-order valence-corrected chi connectivity index (χ3v) is 9.14. The molecule has 0 saturated heterocycles. The number of rotatable bonds is 3. The van der Waals surface area contributed by atoms with Gasteiger partial charge < -0.3 is 0 Å². The maximum atomic E-state index is 6.03. The second kappa shape index (κ2) is 7.11. The predicted octanol–water partition coefficient (Wildman–Crippen LogP) is 4.16. The van der Waals surface area contributed by atoms with Crippen LogP contribution in [-0.4, -0.2) is 14.7 Å². The van der Waals surface area contributed by atoms with Gasteiger partial charge in [-0.3, -0.25) is 0 Å². The zero-order valence-corrected chi connectivity index (χ0v) is 15.7. The van der Waals surface area contributed by atoms with E-state index in [1.54, 1.807) is 0 Å². The summed E-state index contributed by atoms with van der Waals surface area (Å²) in [4.78, 5) is 0. The van der Waals surface area contributed by atoms with Crippen molar-refractivity contribution in [2.75, 3.05) is 0 Å². The van der Waals surface area contributed by atoms with Gasteiger partial charge in [0.05, 0.1) is 0 Å². The third-order valence-electron chi connectivity index (χ3n) is 3.25. The molecular formula is C18H12AsCl3. The van der Waals surface area contributed by atoms with Crippen LogP contribution in [0.25, 0.3) is 0 Å². The first-order chi connectivity index (χ1) is 10.6. The third kappa shape index (κ3) is 3.70. The molecule has 3 rings (SSSR count). The molecule has 0 aliphatic carbocycles. The Labute approximate surface area is 149 Å². The molecule has 3 aromatic rings. The van der Waals surface area contributed by atoms with Gasteiger partial charge in [-0.2, -0.15) is 0 Å². The first-order valence-electron chi connectivity index (χ1n) is 6.70. The van der Waals surface area contributed by atoms with E-state index in [4.69, 9.17) is 34.8 Å². The van der Waals surface area contributed by atoms with Crippen molar-refractivity contribution in [1.82, 2.24) is 0 Å². The van der Waals surface area contributed by atoms with Gasteiger partial charge >= 0.3 is 150 Å². The number of hydrogen-bond acceptors (Lipinski definition) is 0. The molecule has 0 aliphatic rings. The molecule has 0 atom stereocenters. The summed E-state index contributed by atoms with van der Waals surface area (Å²) >= 11 is 16.5. The Kier molecular flexibility index (Phi) is 5.16. The molecule has 110 valence electrons. The molecule has 0 aliphatic heterocycles. The van der Waals surface area contributed by atoms with Crippen molar-refractivity contribution in [3.63, 3.8) is 0 Å². The van der Waals surface area contributed by atoms with E-state index in [-0.39, 0.29) is 0 Å². The molecular weight excluding hydrogens is 397 g/mol. The summed E-state index contributed by atoms with van der Waals surface area (Å²) in [5.74, 6) is 0. The van der Waals surface area contributed by atoms with Crippen LogP contribution in [0.2, 0.25) is 15.1 Å². The van der Waals surface area contributed by atoms with Crippen molar-refractivity contribution in [2.45, 2.75) is 0 Å². The topological polar surface area (TPSA) is 0 Å². The Balaban J connectivity index is 2.10. The van der Waals surface area contributed by atoms with Gasteiger partial charge in [0.1, 0.15) is 0 Å². The molecule has 22 heavy (non-hydrogen) atoms. The summed E-state index contributed by atoms with van der Waals surface area (Å²) < 4.78 is 3.96. The molecule has 0 N–H and O–H groups in total. The van der Waals surface area contributed by atoms with E-state index in [1.165, 1.54) is 13.1 Å². The zero-order valence-electron chi connectivity index (χ0n) is 11.5. The molecule has 0 nitrogen and oxygen atoms in total. The summed E-state index contributed by atoms with van der Waals surface area (Å²) in [5, 5.41) is 2.26. The van der Waals surface area contributed by atoms with Crippen LogP contribution in [0.3, 0.4) is 0 Å². The van der Waals surface area contributed by atoms with E-state index in [0.29, 0.717) is 0 Å². The van der Waals surface area contributed by atoms with Gasteiger partial charge in [-0.15, -0.1) is 0 Å². The van der Waals surface area contributed by atoms with Crippen molar-refractivity contribution < 1.29 is 0 Å². The fourth-order valence-electron chi connectivity index (χ4n) is 2.22.